The summed E-state index contributed by atoms with van der Waals surface area (Å²) in [6.45, 7) is 5.54. The van der Waals surface area contributed by atoms with E-state index in [1.165, 1.54) is 4.57 Å². The summed E-state index contributed by atoms with van der Waals surface area (Å²) < 4.78 is 34.2. The fraction of sp³-hybridized carbons (Fsp3) is 0.400. The number of hydrogen-bond acceptors (Lipinski definition) is 10. The third kappa shape index (κ3) is 6.04. The SMILES string of the molecule is CCOc1cc2cnc(Nc3ccc(N4CCNCC4)c(Cl)c3)nc2n(Cc2ncccc2S(=O)(=O)C2CCCC2)c1=O. The zero-order valence-corrected chi connectivity index (χ0v) is 25.5. The summed E-state index contributed by atoms with van der Waals surface area (Å²) >= 11 is 6.65. The van der Waals surface area contributed by atoms with Crippen molar-refractivity contribution in [2.24, 2.45) is 0 Å². The van der Waals surface area contributed by atoms with E-state index >= 15 is 0 Å². The highest BCUT2D eigenvalue weighted by molar-refractivity contribution is 7.92. The molecule has 4 aromatic rings. The first-order chi connectivity index (χ1) is 20.8. The second kappa shape index (κ2) is 12.5. The van der Waals surface area contributed by atoms with Gasteiger partial charge in [0.1, 0.15) is 5.65 Å². The van der Waals surface area contributed by atoms with Gasteiger partial charge in [-0.25, -0.2) is 13.4 Å². The largest absolute Gasteiger partial charge is 0.488 e. The molecule has 6 rings (SSSR count). The highest BCUT2D eigenvalue weighted by Gasteiger charge is 2.32. The molecule has 0 atom stereocenters. The molecule has 43 heavy (non-hydrogen) atoms. The summed E-state index contributed by atoms with van der Waals surface area (Å²) in [5.74, 6) is 0.390. The molecule has 0 unspecified atom stereocenters. The Bertz CT molecular complexity index is 1800. The molecule has 3 aromatic heterocycles. The molecule has 1 saturated heterocycles. The van der Waals surface area contributed by atoms with Gasteiger partial charge in [-0.1, -0.05) is 24.4 Å². The van der Waals surface area contributed by atoms with Gasteiger partial charge in [0, 0.05) is 49.6 Å². The predicted octanol–water partition coefficient (Wildman–Crippen LogP) is 4.16. The second-order valence-corrected chi connectivity index (χ2v) is 13.3. The smallest absolute Gasteiger partial charge is 0.294 e. The monoisotopic (exact) mass is 623 g/mol. The van der Waals surface area contributed by atoms with Crippen molar-refractivity contribution in [1.82, 2.24) is 24.8 Å². The summed E-state index contributed by atoms with van der Waals surface area (Å²) in [4.78, 5) is 29.6. The minimum absolute atomic E-state index is 0.0972. The molecule has 1 aliphatic heterocycles. The number of anilines is 3. The van der Waals surface area contributed by atoms with Gasteiger partial charge in [0.05, 0.1) is 39.7 Å². The minimum Gasteiger partial charge on any atom is -0.488 e. The van der Waals surface area contributed by atoms with Gasteiger partial charge in [0.25, 0.3) is 5.56 Å². The molecule has 2 N–H and O–H groups in total. The first-order valence-corrected chi connectivity index (χ1v) is 16.5. The number of pyridine rings is 2. The normalized spacial score (nSPS) is 16.1. The fourth-order valence-electron chi connectivity index (χ4n) is 5.80. The molecule has 2 fully saturated rings. The van der Waals surface area contributed by atoms with E-state index in [-0.39, 0.29) is 35.4 Å². The van der Waals surface area contributed by atoms with Crippen LogP contribution in [0.1, 0.15) is 38.3 Å². The molecular weight excluding hydrogens is 590 g/mol. The van der Waals surface area contributed by atoms with Gasteiger partial charge in [-0.3, -0.25) is 14.3 Å². The number of rotatable bonds is 9. The molecule has 4 heterocycles. The third-order valence-corrected chi connectivity index (χ3v) is 10.6. The molecule has 1 aromatic carbocycles. The van der Waals surface area contributed by atoms with Crippen molar-refractivity contribution in [2.75, 3.05) is 43.0 Å². The highest BCUT2D eigenvalue weighted by Crippen LogP contribution is 2.32. The number of nitrogens with one attached hydrogen (secondary N) is 2. The van der Waals surface area contributed by atoms with Crippen molar-refractivity contribution in [3.8, 4) is 5.75 Å². The molecule has 11 nitrogen and oxygen atoms in total. The molecule has 2 aliphatic rings. The van der Waals surface area contributed by atoms with Crippen molar-refractivity contribution in [1.29, 1.82) is 0 Å². The number of ether oxygens (including phenoxy) is 1. The number of halogens is 1. The van der Waals surface area contributed by atoms with Crippen LogP contribution in [0, 0.1) is 0 Å². The first kappa shape index (κ1) is 29.3. The van der Waals surface area contributed by atoms with Crippen molar-refractivity contribution in [3.63, 3.8) is 0 Å². The summed E-state index contributed by atoms with van der Waals surface area (Å²) in [6, 6.07) is 10.5. The molecule has 0 spiro atoms. The lowest BCUT2D eigenvalue weighted by Crippen LogP contribution is -2.43. The summed E-state index contributed by atoms with van der Waals surface area (Å²) in [7, 11) is -3.61. The predicted molar refractivity (Wildman–Crippen MR) is 168 cm³/mol. The Morgan fingerprint density at radius 2 is 1.91 bits per heavy atom. The molecular formula is C30H34ClN7O4S. The van der Waals surface area contributed by atoms with E-state index < -0.39 is 20.6 Å². The topological polar surface area (TPSA) is 131 Å². The zero-order valence-electron chi connectivity index (χ0n) is 23.9. The highest BCUT2D eigenvalue weighted by atomic mass is 35.5. The molecule has 1 aliphatic carbocycles. The van der Waals surface area contributed by atoms with Crippen LogP contribution in [0.15, 0.2) is 58.5 Å². The molecule has 226 valence electrons. The number of hydrogen-bond donors (Lipinski definition) is 2. The maximum absolute atomic E-state index is 13.6. The van der Waals surface area contributed by atoms with Gasteiger partial charge in [0.15, 0.2) is 15.6 Å². The Hall–Kier alpha value is -3.74. The van der Waals surface area contributed by atoms with Crippen LogP contribution in [0.3, 0.4) is 0 Å². The molecule has 1 saturated carbocycles. The van der Waals surface area contributed by atoms with E-state index in [1.54, 1.807) is 37.5 Å². The summed E-state index contributed by atoms with van der Waals surface area (Å²) in [5, 5.41) is 7.27. The van der Waals surface area contributed by atoms with Gasteiger partial charge in [0.2, 0.25) is 5.95 Å². The Kier molecular flexibility index (Phi) is 8.51. The van der Waals surface area contributed by atoms with Crippen LogP contribution in [0.25, 0.3) is 11.0 Å². The van der Waals surface area contributed by atoms with Gasteiger partial charge in [-0.2, -0.15) is 4.98 Å². The summed E-state index contributed by atoms with van der Waals surface area (Å²) in [5.41, 5.74) is 1.83. The summed E-state index contributed by atoms with van der Waals surface area (Å²) in [6.07, 6.45) is 6.17. The van der Waals surface area contributed by atoms with Crippen molar-refractivity contribution >= 4 is 49.8 Å². The van der Waals surface area contributed by atoms with Crippen LogP contribution in [0.4, 0.5) is 17.3 Å². The lowest BCUT2D eigenvalue weighted by atomic mass is 10.2. The van der Waals surface area contributed by atoms with E-state index in [1.807, 2.05) is 18.2 Å². The zero-order chi connectivity index (χ0) is 30.0. The Balaban J connectivity index is 1.37. The lowest BCUT2D eigenvalue weighted by Gasteiger charge is -2.30. The Labute approximate surface area is 255 Å². The first-order valence-electron chi connectivity index (χ1n) is 14.6. The van der Waals surface area contributed by atoms with Crippen LogP contribution in [-0.4, -0.2) is 66.0 Å². The number of fused-ring (bicyclic) bond motifs is 1. The lowest BCUT2D eigenvalue weighted by molar-refractivity contribution is 0.333. The molecule has 0 radical (unpaired) electrons. The minimum atomic E-state index is -3.61. The number of benzene rings is 1. The number of piperazine rings is 1. The van der Waals surface area contributed by atoms with Crippen LogP contribution < -0.4 is 25.8 Å². The van der Waals surface area contributed by atoms with Crippen molar-refractivity contribution < 1.29 is 13.2 Å². The number of aromatic nitrogens is 4. The quantitative estimate of drug-likeness (QED) is 0.280. The molecule has 0 amide bonds. The fourth-order valence-corrected chi connectivity index (χ4v) is 8.13. The van der Waals surface area contributed by atoms with E-state index in [0.29, 0.717) is 34.6 Å². The van der Waals surface area contributed by atoms with E-state index in [9.17, 15) is 13.2 Å². The van der Waals surface area contributed by atoms with Crippen LogP contribution in [0.5, 0.6) is 5.75 Å². The van der Waals surface area contributed by atoms with Gasteiger partial charge >= 0.3 is 0 Å². The number of sulfone groups is 1. The molecule has 13 heteroatoms. The Morgan fingerprint density at radius 1 is 1.12 bits per heavy atom. The second-order valence-electron chi connectivity index (χ2n) is 10.7. The van der Waals surface area contributed by atoms with Crippen molar-refractivity contribution in [3.05, 3.63) is 69.9 Å². The Morgan fingerprint density at radius 3 is 2.65 bits per heavy atom. The van der Waals surface area contributed by atoms with E-state index in [4.69, 9.17) is 16.3 Å². The average molecular weight is 624 g/mol. The maximum atomic E-state index is 13.6. The van der Waals surface area contributed by atoms with Crippen LogP contribution in [0.2, 0.25) is 5.02 Å². The van der Waals surface area contributed by atoms with E-state index in [2.05, 4.69) is 30.5 Å². The average Bonchev–Trinajstić information content (AvgIpc) is 3.57. The van der Waals surface area contributed by atoms with Crippen molar-refractivity contribution in [2.45, 2.75) is 49.3 Å². The van der Waals surface area contributed by atoms with Crippen LogP contribution in [-0.2, 0) is 16.4 Å². The number of nitrogens with zero attached hydrogens (tertiary/aromatic N) is 5. The van der Waals surface area contributed by atoms with Crippen LogP contribution >= 0.6 is 11.6 Å². The molecule has 0 bridgehead atoms. The van der Waals surface area contributed by atoms with Gasteiger partial charge < -0.3 is 20.3 Å². The van der Waals surface area contributed by atoms with Gasteiger partial charge in [-0.05, 0) is 56.2 Å². The third-order valence-electron chi connectivity index (χ3n) is 7.96. The van der Waals surface area contributed by atoms with E-state index in [0.717, 1.165) is 44.7 Å². The van der Waals surface area contributed by atoms with Gasteiger partial charge in [-0.15, -0.1) is 0 Å². The maximum Gasteiger partial charge on any atom is 0.294 e. The standard InChI is InChI=1S/C30H34ClN7O4S/c1-2-42-26-16-20-18-34-30(35-21-9-10-25(23(31)17-21)37-14-12-32-13-15-37)36-28(20)38(29(26)39)19-24-27(8-5-11-33-24)43(40,41)22-6-3-4-7-22/h5,8-11,16-18,22,32H,2-4,6-7,12-15,19H2,1H3,(H,34,35,36).